The first-order chi connectivity index (χ1) is 20.1. The molecule has 0 saturated carbocycles. The molecule has 1 aliphatic rings. The van der Waals surface area contributed by atoms with Gasteiger partial charge in [0.15, 0.2) is 5.65 Å². The average Bonchev–Trinajstić information content (AvgIpc) is 3.58. The lowest BCUT2D eigenvalue weighted by molar-refractivity contribution is -0.0459. The average molecular weight is 586 g/mol. The van der Waals surface area contributed by atoms with E-state index in [-0.39, 0.29) is 18.6 Å². The number of nitrogens with two attached hydrogens (primary N) is 1. The number of fused-ring (bicyclic) bond motifs is 1. The van der Waals surface area contributed by atoms with Gasteiger partial charge in [-0.05, 0) is 13.0 Å². The molecule has 1 saturated heterocycles. The van der Waals surface area contributed by atoms with Gasteiger partial charge in [0.1, 0.15) is 30.0 Å². The highest BCUT2D eigenvalue weighted by molar-refractivity contribution is 5.67. The van der Waals surface area contributed by atoms with E-state index in [0.717, 1.165) is 5.52 Å². The molecule has 1 fully saturated rings. The number of aliphatic hydroxyl groups excluding tert-OH is 2. The summed E-state index contributed by atoms with van der Waals surface area (Å²) in [5, 5.41) is 18.5. The van der Waals surface area contributed by atoms with Crippen LogP contribution in [0.4, 0.5) is 5.82 Å². The molecule has 6 rings (SSSR count). The van der Waals surface area contributed by atoms with Gasteiger partial charge in [-0.15, -0.1) is 0 Å². The monoisotopic (exact) mass is 585 g/mol. The smallest absolute Gasteiger partial charge is 0.346 e. The number of hydrogen-bond donors (Lipinski definition) is 8. The van der Waals surface area contributed by atoms with E-state index in [0.29, 0.717) is 17.0 Å². The zero-order chi connectivity index (χ0) is 30.6. The molecule has 5 aromatic heterocycles. The van der Waals surface area contributed by atoms with Gasteiger partial charge in [0.25, 0.3) is 11.1 Å². The van der Waals surface area contributed by atoms with Crippen molar-refractivity contribution in [3.63, 3.8) is 0 Å². The second-order valence-electron chi connectivity index (χ2n) is 8.38. The van der Waals surface area contributed by atoms with E-state index in [1.165, 1.54) is 41.6 Å². The molecule has 19 heteroatoms. The number of H-pyrrole nitrogens is 5. The summed E-state index contributed by atoms with van der Waals surface area (Å²) in [6, 6.07) is 2.75. The number of aromatic amines is 5. The van der Waals surface area contributed by atoms with Crippen molar-refractivity contribution in [1.82, 2.24) is 49.4 Å². The van der Waals surface area contributed by atoms with Gasteiger partial charge in [0.2, 0.25) is 0 Å². The summed E-state index contributed by atoms with van der Waals surface area (Å²) in [5.74, 6) is 0.338. The van der Waals surface area contributed by atoms with Crippen LogP contribution in [-0.4, -0.2) is 78.5 Å². The Morgan fingerprint density at radius 2 is 1.86 bits per heavy atom. The second-order valence-corrected chi connectivity index (χ2v) is 8.38. The molecular formula is C23H27N11O8. The minimum Gasteiger partial charge on any atom is -0.394 e. The van der Waals surface area contributed by atoms with Crippen LogP contribution in [0.5, 0.6) is 0 Å². The fourth-order valence-corrected chi connectivity index (χ4v) is 3.31. The highest BCUT2D eigenvalue weighted by Gasteiger charge is 2.34. The van der Waals surface area contributed by atoms with Crippen molar-refractivity contribution in [1.29, 1.82) is 0 Å². The fraction of sp³-hybridized carbons (Fsp3) is 0.261. The fourth-order valence-electron chi connectivity index (χ4n) is 3.31. The lowest BCUT2D eigenvalue weighted by atomic mass is 10.2. The van der Waals surface area contributed by atoms with Crippen LogP contribution in [0.25, 0.3) is 11.2 Å². The molecule has 0 spiro atoms. The molecule has 42 heavy (non-hydrogen) atoms. The van der Waals surface area contributed by atoms with Crippen molar-refractivity contribution in [3.8, 4) is 0 Å². The maximum absolute atomic E-state index is 11.6. The molecule has 0 radical (unpaired) electrons. The molecular weight excluding hydrogens is 558 g/mol. The Kier molecular flexibility index (Phi) is 10.9. The number of imidazole rings is 1. The molecule has 3 atom stereocenters. The Balaban J connectivity index is 0.000000164. The zero-order valence-corrected chi connectivity index (χ0v) is 21.9. The first kappa shape index (κ1) is 31.0. The Morgan fingerprint density at radius 1 is 1.07 bits per heavy atom. The molecule has 6 heterocycles. The Morgan fingerprint density at radius 3 is 2.43 bits per heavy atom. The summed E-state index contributed by atoms with van der Waals surface area (Å²) in [7, 11) is 0. The second kappa shape index (κ2) is 14.7. The third-order valence-electron chi connectivity index (χ3n) is 5.32. The van der Waals surface area contributed by atoms with Crippen molar-refractivity contribution in [2.45, 2.75) is 31.8 Å². The number of nitrogens with zero attached hydrogens (tertiary/aromatic N) is 5. The van der Waals surface area contributed by atoms with Crippen LogP contribution in [-0.2, 0) is 4.74 Å². The van der Waals surface area contributed by atoms with Crippen LogP contribution in [0.1, 0.15) is 18.2 Å². The van der Waals surface area contributed by atoms with E-state index in [1.807, 2.05) is 4.98 Å². The highest BCUT2D eigenvalue weighted by Crippen LogP contribution is 2.27. The summed E-state index contributed by atoms with van der Waals surface area (Å²) in [4.78, 5) is 79.9. The van der Waals surface area contributed by atoms with Crippen molar-refractivity contribution in [2.24, 2.45) is 0 Å². The predicted octanol–water partition coefficient (Wildman–Crippen LogP) is -2.75. The first-order valence-corrected chi connectivity index (χ1v) is 12.0. The van der Waals surface area contributed by atoms with Gasteiger partial charge in [-0.2, -0.15) is 0 Å². The Hall–Kier alpha value is -5.53. The van der Waals surface area contributed by atoms with Gasteiger partial charge in [-0.3, -0.25) is 29.1 Å². The number of anilines is 1. The maximum Gasteiger partial charge on any atom is 0.346 e. The molecule has 19 nitrogen and oxygen atoms in total. The molecule has 0 aliphatic carbocycles. The van der Waals surface area contributed by atoms with Crippen molar-refractivity contribution in [2.75, 3.05) is 12.3 Å². The highest BCUT2D eigenvalue weighted by atomic mass is 16.5. The largest absolute Gasteiger partial charge is 0.394 e. The standard InChI is InChI=1S/C10H14N2O5.C5H4N4.C4H5N3O.C4H4N2O2/c1-5-3-12(10(16)11-9(5)15)8-2-6(14)7(4-13)17-8;1-4-5(8-2-6-1)9-3-7-4;5-3-1-2-6-4(8)7-3;7-3-1-2-5-4(8)6-3/h3,6-8,13-14H,2,4H2,1H3,(H,11,15,16);1-3H,(H,6,7,8,9);1-2H,(H3,5,6,7,8);1-2H,(H2,5,6,7,8)/t6-,7+,8+;;;/m0.../s1. The van der Waals surface area contributed by atoms with Gasteiger partial charge < -0.3 is 30.7 Å². The lowest BCUT2D eigenvalue weighted by Crippen LogP contribution is -2.33. The summed E-state index contributed by atoms with van der Waals surface area (Å²) >= 11 is 0. The molecule has 9 N–H and O–H groups in total. The van der Waals surface area contributed by atoms with E-state index in [1.54, 1.807) is 19.4 Å². The quantitative estimate of drug-likeness (QED) is 0.104. The van der Waals surface area contributed by atoms with Crippen LogP contribution in [0.3, 0.4) is 0 Å². The summed E-state index contributed by atoms with van der Waals surface area (Å²) < 4.78 is 6.54. The van der Waals surface area contributed by atoms with Gasteiger partial charge >= 0.3 is 17.1 Å². The minimum atomic E-state index is -0.816. The lowest BCUT2D eigenvalue weighted by Gasteiger charge is -2.14. The molecule has 5 aromatic rings. The van der Waals surface area contributed by atoms with Gasteiger partial charge in [0, 0.05) is 36.6 Å². The van der Waals surface area contributed by atoms with Crippen molar-refractivity contribution >= 4 is 17.0 Å². The van der Waals surface area contributed by atoms with E-state index in [4.69, 9.17) is 15.6 Å². The van der Waals surface area contributed by atoms with E-state index < -0.39 is 41.1 Å². The summed E-state index contributed by atoms with van der Waals surface area (Å²) in [6.45, 7) is 1.26. The first-order valence-electron chi connectivity index (χ1n) is 12.0. The van der Waals surface area contributed by atoms with E-state index >= 15 is 0 Å². The molecule has 0 amide bonds. The van der Waals surface area contributed by atoms with Crippen LogP contribution >= 0.6 is 0 Å². The number of aryl methyl sites for hydroxylation is 1. The van der Waals surface area contributed by atoms with Crippen LogP contribution in [0.2, 0.25) is 0 Å². The molecule has 222 valence electrons. The summed E-state index contributed by atoms with van der Waals surface area (Å²) in [5.41, 5.74) is 4.84. The number of ether oxygens (including phenoxy) is 1. The maximum atomic E-state index is 11.6. The van der Waals surface area contributed by atoms with Crippen molar-refractivity contribution < 1.29 is 14.9 Å². The number of aliphatic hydroxyl groups is 2. The van der Waals surface area contributed by atoms with Gasteiger partial charge in [-0.25, -0.2) is 34.3 Å². The molecule has 0 unspecified atom stereocenters. The topological polar surface area (TPSA) is 296 Å². The number of rotatable bonds is 2. The third-order valence-corrected chi connectivity index (χ3v) is 5.32. The Labute approximate surface area is 233 Å². The number of hydrogen-bond acceptors (Lipinski definition) is 13. The van der Waals surface area contributed by atoms with Crippen LogP contribution in [0, 0.1) is 6.92 Å². The third kappa shape index (κ3) is 9.01. The van der Waals surface area contributed by atoms with E-state index in [2.05, 4.69) is 39.9 Å². The SMILES string of the molecule is Cc1cn([C@H]2C[C@H](O)[C@@H](CO)O2)c(=O)[nH]c1=O.Nc1ccnc(=O)[nH]1.O=c1cc[nH]c(=O)[nH]1.c1ncc2[nH]cnc2n1. The predicted molar refractivity (Wildman–Crippen MR) is 146 cm³/mol. The van der Waals surface area contributed by atoms with Crippen LogP contribution in [0.15, 0.2) is 73.5 Å². The molecule has 0 aromatic carbocycles. The van der Waals surface area contributed by atoms with Crippen molar-refractivity contribution in [3.05, 3.63) is 107 Å². The number of nitrogens with one attached hydrogen (secondary N) is 5. The van der Waals surface area contributed by atoms with Crippen LogP contribution < -0.4 is 33.9 Å². The number of aromatic nitrogens is 10. The zero-order valence-electron chi connectivity index (χ0n) is 21.9. The molecule has 1 aliphatic heterocycles. The minimum absolute atomic E-state index is 0.205. The molecule has 0 bridgehead atoms. The Bertz CT molecular complexity index is 1820. The number of nitrogen functional groups attached to an aromatic ring is 1. The normalized spacial score (nSPS) is 17.2. The summed E-state index contributed by atoms with van der Waals surface area (Å²) in [6.07, 6.45) is 6.83. The van der Waals surface area contributed by atoms with Gasteiger partial charge in [0.05, 0.1) is 25.2 Å². The van der Waals surface area contributed by atoms with E-state index in [9.17, 15) is 29.1 Å². The van der Waals surface area contributed by atoms with Gasteiger partial charge in [-0.1, -0.05) is 0 Å².